The quantitative estimate of drug-likeness (QED) is 0.874. The van der Waals surface area contributed by atoms with Crippen molar-refractivity contribution in [2.45, 2.75) is 25.8 Å². The zero-order valence-corrected chi connectivity index (χ0v) is 11.4. The molecule has 0 saturated carbocycles. The highest BCUT2D eigenvalue weighted by molar-refractivity contribution is 5.89. The molecule has 0 radical (unpaired) electrons. The molecular formula is C15H21N3O. The van der Waals surface area contributed by atoms with Gasteiger partial charge in [0.2, 0.25) is 5.91 Å². The molecular weight excluding hydrogens is 238 g/mol. The molecule has 3 fully saturated rings. The molecule has 3 aliphatic heterocycles. The molecule has 4 nitrogen and oxygen atoms in total. The van der Waals surface area contributed by atoms with Gasteiger partial charge in [-0.1, -0.05) is 6.07 Å². The van der Waals surface area contributed by atoms with Gasteiger partial charge < -0.3 is 15.5 Å². The Morgan fingerprint density at radius 3 is 2.63 bits per heavy atom. The molecule has 1 atom stereocenters. The molecule has 2 N–H and O–H groups in total. The number of piperidine rings is 3. The van der Waals surface area contributed by atoms with Crippen LogP contribution in [0.15, 0.2) is 24.3 Å². The maximum atomic E-state index is 11.1. The number of anilines is 2. The van der Waals surface area contributed by atoms with Crippen LogP contribution in [0.4, 0.5) is 11.4 Å². The average molecular weight is 259 g/mol. The van der Waals surface area contributed by atoms with Gasteiger partial charge in [-0.05, 0) is 50.0 Å². The Kier molecular flexibility index (Phi) is 3.42. The average Bonchev–Trinajstić information content (AvgIpc) is 2.39. The Morgan fingerprint density at radius 1 is 1.26 bits per heavy atom. The van der Waals surface area contributed by atoms with Crippen LogP contribution in [-0.2, 0) is 4.79 Å². The first-order valence-corrected chi connectivity index (χ1v) is 7.07. The van der Waals surface area contributed by atoms with E-state index < -0.39 is 0 Å². The third-order valence-corrected chi connectivity index (χ3v) is 4.19. The van der Waals surface area contributed by atoms with Gasteiger partial charge in [-0.3, -0.25) is 4.79 Å². The lowest BCUT2D eigenvalue weighted by Crippen LogP contribution is -2.53. The summed E-state index contributed by atoms with van der Waals surface area (Å²) in [5, 5.41) is 6.46. The molecule has 19 heavy (non-hydrogen) atoms. The van der Waals surface area contributed by atoms with Crippen molar-refractivity contribution in [1.29, 1.82) is 0 Å². The van der Waals surface area contributed by atoms with Gasteiger partial charge in [-0.15, -0.1) is 0 Å². The summed E-state index contributed by atoms with van der Waals surface area (Å²) >= 11 is 0. The first-order chi connectivity index (χ1) is 9.20. The van der Waals surface area contributed by atoms with Crippen LogP contribution in [0.5, 0.6) is 0 Å². The molecule has 4 heteroatoms. The molecule has 102 valence electrons. The lowest BCUT2D eigenvalue weighted by atomic mass is 9.84. The molecule has 1 aromatic carbocycles. The van der Waals surface area contributed by atoms with Crippen molar-refractivity contribution in [3.63, 3.8) is 0 Å². The molecule has 1 amide bonds. The van der Waals surface area contributed by atoms with Crippen LogP contribution < -0.4 is 10.6 Å². The molecule has 1 unspecified atom stereocenters. The monoisotopic (exact) mass is 259 g/mol. The largest absolute Gasteiger partial charge is 0.381 e. The predicted molar refractivity (Wildman–Crippen MR) is 77.3 cm³/mol. The van der Waals surface area contributed by atoms with Crippen molar-refractivity contribution >= 4 is 17.3 Å². The summed E-state index contributed by atoms with van der Waals surface area (Å²) in [5.41, 5.74) is 1.96. The van der Waals surface area contributed by atoms with E-state index in [0.717, 1.165) is 23.8 Å². The van der Waals surface area contributed by atoms with Crippen molar-refractivity contribution in [2.75, 3.05) is 30.3 Å². The fourth-order valence-electron chi connectivity index (χ4n) is 3.23. The van der Waals surface area contributed by atoms with Gasteiger partial charge >= 0.3 is 0 Å². The van der Waals surface area contributed by atoms with Crippen LogP contribution in [0.2, 0.25) is 0 Å². The minimum Gasteiger partial charge on any atom is -0.381 e. The number of rotatable bonds is 3. The summed E-state index contributed by atoms with van der Waals surface area (Å²) in [6, 6.07) is 8.54. The van der Waals surface area contributed by atoms with Crippen molar-refractivity contribution in [3.05, 3.63) is 24.3 Å². The second-order valence-electron chi connectivity index (χ2n) is 5.65. The fraction of sp³-hybridized carbons (Fsp3) is 0.533. The number of hydrogen-bond acceptors (Lipinski definition) is 3. The summed E-state index contributed by atoms with van der Waals surface area (Å²) in [4.78, 5) is 13.6. The van der Waals surface area contributed by atoms with E-state index >= 15 is 0 Å². The van der Waals surface area contributed by atoms with Crippen molar-refractivity contribution in [2.24, 2.45) is 5.92 Å². The minimum absolute atomic E-state index is 0.0278. The van der Waals surface area contributed by atoms with E-state index in [4.69, 9.17) is 0 Å². The molecule has 0 spiro atoms. The van der Waals surface area contributed by atoms with Gasteiger partial charge in [0.25, 0.3) is 0 Å². The number of hydrogen-bond donors (Lipinski definition) is 2. The summed E-state index contributed by atoms with van der Waals surface area (Å²) in [6.45, 7) is 5.20. The normalized spacial score (nSPS) is 29.0. The standard InChI is InChI=1S/C15H21N3O/c1-11(19)16-13-3-2-4-14(9-13)17-15-10-18-7-5-12(15)6-8-18/h2-4,9,12,15,17H,5-8,10H2,1H3,(H,16,19). The van der Waals surface area contributed by atoms with E-state index in [2.05, 4.69) is 21.6 Å². The summed E-state index contributed by atoms with van der Waals surface area (Å²) < 4.78 is 0. The zero-order valence-electron chi connectivity index (χ0n) is 11.4. The van der Waals surface area contributed by atoms with Gasteiger partial charge in [0.15, 0.2) is 0 Å². The Balaban J connectivity index is 1.67. The number of nitrogens with zero attached hydrogens (tertiary/aromatic N) is 1. The second kappa shape index (κ2) is 5.21. The molecule has 3 heterocycles. The van der Waals surface area contributed by atoms with Gasteiger partial charge in [0.1, 0.15) is 0 Å². The lowest BCUT2D eigenvalue weighted by molar-refractivity contribution is -0.114. The molecule has 2 bridgehead atoms. The number of carbonyl (C=O) groups excluding carboxylic acids is 1. The van der Waals surface area contributed by atoms with Crippen molar-refractivity contribution < 1.29 is 4.79 Å². The number of fused-ring (bicyclic) bond motifs is 3. The highest BCUT2D eigenvalue weighted by Crippen LogP contribution is 2.30. The van der Waals surface area contributed by atoms with Gasteiger partial charge in [-0.2, -0.15) is 0 Å². The third kappa shape index (κ3) is 2.89. The van der Waals surface area contributed by atoms with E-state index in [1.54, 1.807) is 0 Å². The molecule has 0 aliphatic carbocycles. The zero-order chi connectivity index (χ0) is 13.2. The van der Waals surface area contributed by atoms with Crippen LogP contribution in [-0.4, -0.2) is 36.5 Å². The van der Waals surface area contributed by atoms with E-state index in [0.29, 0.717) is 6.04 Å². The first-order valence-electron chi connectivity index (χ1n) is 7.07. The summed E-state index contributed by atoms with van der Waals surface area (Å²) in [7, 11) is 0. The smallest absolute Gasteiger partial charge is 0.221 e. The molecule has 4 rings (SSSR count). The second-order valence-corrected chi connectivity index (χ2v) is 5.65. The lowest BCUT2D eigenvalue weighted by Gasteiger charge is -2.45. The van der Waals surface area contributed by atoms with Gasteiger partial charge in [-0.25, -0.2) is 0 Å². The highest BCUT2D eigenvalue weighted by atomic mass is 16.1. The summed E-state index contributed by atoms with van der Waals surface area (Å²) in [5.74, 6) is 0.773. The number of carbonyl (C=O) groups is 1. The topological polar surface area (TPSA) is 44.4 Å². The van der Waals surface area contributed by atoms with Crippen LogP contribution in [0.3, 0.4) is 0 Å². The third-order valence-electron chi connectivity index (χ3n) is 4.19. The van der Waals surface area contributed by atoms with Crippen LogP contribution in [0.25, 0.3) is 0 Å². The van der Waals surface area contributed by atoms with Crippen LogP contribution in [0, 0.1) is 5.92 Å². The molecule has 3 aliphatic rings. The van der Waals surface area contributed by atoms with Crippen molar-refractivity contribution in [1.82, 2.24) is 4.90 Å². The SMILES string of the molecule is CC(=O)Nc1cccc(NC2CN3CCC2CC3)c1. The maximum absolute atomic E-state index is 11.1. The van der Waals surface area contributed by atoms with Gasteiger partial charge in [0.05, 0.1) is 0 Å². The number of nitrogens with one attached hydrogen (secondary N) is 2. The Bertz CT molecular complexity index is 466. The number of benzene rings is 1. The Morgan fingerprint density at radius 2 is 2.00 bits per heavy atom. The number of amides is 1. The Labute approximate surface area is 114 Å². The van der Waals surface area contributed by atoms with E-state index in [9.17, 15) is 4.79 Å². The molecule has 1 aromatic rings. The Hall–Kier alpha value is -1.55. The molecule has 0 aromatic heterocycles. The highest BCUT2D eigenvalue weighted by Gasteiger charge is 2.33. The fourth-order valence-corrected chi connectivity index (χ4v) is 3.23. The maximum Gasteiger partial charge on any atom is 0.221 e. The van der Waals surface area contributed by atoms with Gasteiger partial charge in [0, 0.05) is 30.9 Å². The van der Waals surface area contributed by atoms with Crippen LogP contribution in [0.1, 0.15) is 19.8 Å². The molecule has 3 saturated heterocycles. The van der Waals surface area contributed by atoms with Crippen LogP contribution >= 0.6 is 0 Å². The summed E-state index contributed by atoms with van der Waals surface area (Å²) in [6.07, 6.45) is 2.62. The van der Waals surface area contributed by atoms with E-state index in [1.807, 2.05) is 18.2 Å². The van der Waals surface area contributed by atoms with Crippen molar-refractivity contribution in [3.8, 4) is 0 Å². The first kappa shape index (κ1) is 12.5. The predicted octanol–water partition coefficient (Wildman–Crippen LogP) is 2.15. The minimum atomic E-state index is -0.0278. The van der Waals surface area contributed by atoms with E-state index in [-0.39, 0.29) is 5.91 Å². The van der Waals surface area contributed by atoms with E-state index in [1.165, 1.54) is 32.9 Å².